The molecule has 0 aliphatic rings. The number of nitrogens with one attached hydrogen (secondary N) is 7. The van der Waals surface area contributed by atoms with Crippen LogP contribution >= 0.6 is 0 Å². The van der Waals surface area contributed by atoms with Crippen LogP contribution < -0.4 is 54.4 Å². The summed E-state index contributed by atoms with van der Waals surface area (Å²) in [5.41, 5.74) is 18.2. The average molecular weight is 941 g/mol. The van der Waals surface area contributed by atoms with Gasteiger partial charge in [-0.3, -0.25) is 43.2 Å². The molecule has 0 unspecified atom stereocenters. The van der Waals surface area contributed by atoms with E-state index >= 15 is 0 Å². The summed E-state index contributed by atoms with van der Waals surface area (Å²) in [7, 11) is 0. The van der Waals surface area contributed by atoms with Crippen LogP contribution in [-0.4, -0.2) is 131 Å². The van der Waals surface area contributed by atoms with E-state index in [1.165, 1.54) is 12.1 Å². The number of aliphatic carboxylic acids is 1. The van der Waals surface area contributed by atoms with Crippen LogP contribution in [0.5, 0.6) is 5.75 Å². The van der Waals surface area contributed by atoms with E-state index in [9.17, 15) is 53.4 Å². The quantitative estimate of drug-likeness (QED) is 0.0367. The van der Waals surface area contributed by atoms with Crippen molar-refractivity contribution >= 4 is 53.2 Å². The van der Waals surface area contributed by atoms with Crippen molar-refractivity contribution in [3.8, 4) is 5.75 Å². The first kappa shape index (κ1) is 56.5. The molecule has 0 aliphatic carbocycles. The van der Waals surface area contributed by atoms with Gasteiger partial charge in [0.15, 0.2) is 0 Å². The van der Waals surface area contributed by atoms with Crippen molar-refractivity contribution in [1.29, 1.82) is 0 Å². The van der Waals surface area contributed by atoms with E-state index in [0.29, 0.717) is 30.5 Å². The lowest BCUT2D eigenvalue weighted by atomic mass is 9.98. The van der Waals surface area contributed by atoms with E-state index in [4.69, 9.17) is 22.3 Å². The number of hydrogen-bond acceptors (Lipinski definition) is 13. The Hall–Kier alpha value is -6.65. The number of amides is 8. The molecule has 0 aliphatic heterocycles. The van der Waals surface area contributed by atoms with Crippen molar-refractivity contribution in [2.75, 3.05) is 19.7 Å². The Labute approximate surface area is 389 Å². The Morgan fingerprint density at radius 2 is 1.12 bits per heavy atom. The van der Waals surface area contributed by atoms with Crippen molar-refractivity contribution in [2.24, 2.45) is 29.0 Å². The summed E-state index contributed by atoms with van der Waals surface area (Å²) in [6.45, 7) is 5.52. The van der Waals surface area contributed by atoms with Gasteiger partial charge in [0.25, 0.3) is 0 Å². The Kier molecular flexibility index (Phi) is 24.5. The zero-order valence-corrected chi connectivity index (χ0v) is 38.4. The number of carboxylic acid groups (broad SMARTS) is 1. The summed E-state index contributed by atoms with van der Waals surface area (Å²) in [4.78, 5) is 118. The van der Waals surface area contributed by atoms with E-state index in [1.807, 2.05) is 0 Å². The monoisotopic (exact) mass is 941 g/mol. The highest BCUT2D eigenvalue weighted by Gasteiger charge is 2.35. The number of unbranched alkanes of at least 4 members (excludes halogenated alkanes) is 1. The molecule has 22 nitrogen and oxygen atoms in total. The van der Waals surface area contributed by atoms with Gasteiger partial charge in [-0.15, -0.1) is 0 Å². The lowest BCUT2D eigenvalue weighted by Crippen LogP contribution is -2.61. The van der Waals surface area contributed by atoms with Gasteiger partial charge in [0.05, 0.1) is 12.6 Å². The minimum atomic E-state index is -1.59. The molecule has 0 radical (unpaired) electrons. The summed E-state index contributed by atoms with van der Waals surface area (Å²) >= 11 is 0. The summed E-state index contributed by atoms with van der Waals surface area (Å²) in [6, 6.07) is 5.26. The molecule has 0 saturated heterocycles. The minimum Gasteiger partial charge on any atom is -0.508 e. The molecule has 0 fully saturated rings. The Balaban J connectivity index is 2.32. The number of carboxylic acids is 1. The normalized spacial score (nSPS) is 14.2. The second-order valence-corrected chi connectivity index (χ2v) is 16.9. The minimum absolute atomic E-state index is 0.00592. The molecule has 22 heteroatoms. The van der Waals surface area contributed by atoms with Crippen LogP contribution in [0.2, 0.25) is 0 Å². The van der Waals surface area contributed by atoms with Gasteiger partial charge in [-0.1, -0.05) is 70.2 Å². The zero-order chi connectivity index (χ0) is 50.2. The zero-order valence-electron chi connectivity index (χ0n) is 38.4. The summed E-state index contributed by atoms with van der Waals surface area (Å²) in [6.07, 6.45) is 0.382. The van der Waals surface area contributed by atoms with Crippen molar-refractivity contribution in [3.05, 3.63) is 65.7 Å². The Bertz CT molecular complexity index is 1970. The maximum Gasteiger partial charge on any atom is 0.322 e. The van der Waals surface area contributed by atoms with E-state index < -0.39 is 115 Å². The molecular formula is C45H68N10O12. The van der Waals surface area contributed by atoms with Gasteiger partial charge >= 0.3 is 5.97 Å². The highest BCUT2D eigenvalue weighted by atomic mass is 16.4. The number of carbonyl (C=O) groups is 9. The van der Waals surface area contributed by atoms with Crippen molar-refractivity contribution in [3.63, 3.8) is 0 Å². The Morgan fingerprint density at radius 3 is 1.67 bits per heavy atom. The van der Waals surface area contributed by atoms with Gasteiger partial charge in [0, 0.05) is 12.8 Å². The maximum atomic E-state index is 14.1. The molecule has 0 bridgehead atoms. The van der Waals surface area contributed by atoms with Crippen LogP contribution in [0.15, 0.2) is 54.6 Å². The Morgan fingerprint density at radius 1 is 0.597 bits per heavy atom. The smallest absolute Gasteiger partial charge is 0.322 e. The fourth-order valence-electron chi connectivity index (χ4n) is 6.68. The summed E-state index contributed by atoms with van der Waals surface area (Å²) in [5.74, 6) is -8.78. The van der Waals surface area contributed by atoms with Crippen LogP contribution in [0.25, 0.3) is 0 Å². The summed E-state index contributed by atoms with van der Waals surface area (Å²) < 4.78 is 0. The van der Waals surface area contributed by atoms with E-state index in [2.05, 4.69) is 37.2 Å². The molecular weight excluding hydrogens is 873 g/mol. The number of carbonyl (C=O) groups excluding carboxylic acids is 8. The first-order valence-corrected chi connectivity index (χ1v) is 22.1. The number of aliphatic hydroxyl groups is 1. The third-order valence-corrected chi connectivity index (χ3v) is 10.4. The first-order chi connectivity index (χ1) is 31.6. The average Bonchev–Trinajstić information content (AvgIpc) is 3.27. The van der Waals surface area contributed by atoms with E-state index in [-0.39, 0.29) is 50.2 Å². The standard InChI is InChI=1S/C45H68N10O12/c1-25(2)20-33(42(64)52-34(22-27-10-6-5-7-11-27)43(65)50-31(12-8-9-19-46)40(62)49-23-37(59)60)53-45(67)38(26(3)4)55-41(63)32(17-18-36(48)58)51-44(66)35(24-56)54-39(61)30(47)21-28-13-15-29(57)16-14-28/h5-7,10-11,13-16,25-26,30-35,38,56-57H,8-9,12,17-24,46-47H2,1-4H3,(H2,48,58)(H,49,62)(H,50,65)(H,51,66)(H,52,64)(H,53,67)(H,54,61)(H,55,63)(H,59,60)/t30-,31-,32-,33-,34-,35-,38-/m0/s1. The molecule has 2 aromatic rings. The van der Waals surface area contributed by atoms with E-state index in [0.717, 1.165) is 0 Å². The van der Waals surface area contributed by atoms with Crippen LogP contribution in [0.4, 0.5) is 0 Å². The third-order valence-electron chi connectivity index (χ3n) is 10.4. The SMILES string of the molecule is CC(C)C[C@H](NC(=O)[C@@H](NC(=O)[C@H](CCC(N)=O)NC(=O)[C@H](CO)NC(=O)[C@@H](N)Cc1ccc(O)cc1)C(C)C)C(=O)N[C@@H](Cc1ccccc1)C(=O)N[C@@H](CCCCN)C(=O)NCC(=O)O. The molecule has 2 rings (SSSR count). The fraction of sp³-hybridized carbons (Fsp3) is 0.533. The number of phenolic OH excluding ortho intramolecular Hbond substituents is 1. The van der Waals surface area contributed by atoms with E-state index in [1.54, 1.807) is 70.2 Å². The molecule has 370 valence electrons. The van der Waals surface area contributed by atoms with Crippen molar-refractivity contribution in [2.45, 2.75) is 121 Å². The molecule has 0 saturated carbocycles. The predicted octanol–water partition coefficient (Wildman–Crippen LogP) is -2.30. The largest absolute Gasteiger partial charge is 0.508 e. The lowest BCUT2D eigenvalue weighted by Gasteiger charge is -2.29. The van der Waals surface area contributed by atoms with Crippen LogP contribution in [0.1, 0.15) is 77.3 Å². The van der Waals surface area contributed by atoms with Crippen molar-refractivity contribution < 1.29 is 58.5 Å². The first-order valence-electron chi connectivity index (χ1n) is 22.1. The number of rotatable bonds is 30. The number of hydrogen-bond donors (Lipinski definition) is 13. The number of phenols is 1. The fourth-order valence-corrected chi connectivity index (χ4v) is 6.68. The second-order valence-electron chi connectivity index (χ2n) is 16.9. The topological polar surface area (TPSA) is 377 Å². The number of benzene rings is 2. The molecule has 16 N–H and O–H groups in total. The van der Waals surface area contributed by atoms with Gasteiger partial charge in [-0.25, -0.2) is 0 Å². The summed E-state index contributed by atoms with van der Waals surface area (Å²) in [5, 5.41) is 46.2. The molecule has 0 spiro atoms. The number of aliphatic hydroxyl groups excluding tert-OH is 1. The number of nitrogens with two attached hydrogens (primary N) is 3. The molecule has 0 heterocycles. The predicted molar refractivity (Wildman–Crippen MR) is 245 cm³/mol. The molecule has 0 aromatic heterocycles. The van der Waals surface area contributed by atoms with Crippen LogP contribution in [0.3, 0.4) is 0 Å². The van der Waals surface area contributed by atoms with Gasteiger partial charge in [-0.05, 0) is 80.2 Å². The van der Waals surface area contributed by atoms with Crippen LogP contribution in [0, 0.1) is 11.8 Å². The lowest BCUT2D eigenvalue weighted by molar-refractivity contribution is -0.138. The molecule has 67 heavy (non-hydrogen) atoms. The van der Waals surface area contributed by atoms with Gasteiger partial charge in [-0.2, -0.15) is 0 Å². The second kappa shape index (κ2) is 29.1. The molecule has 2 aromatic carbocycles. The van der Waals surface area contributed by atoms with Crippen LogP contribution in [-0.2, 0) is 56.0 Å². The van der Waals surface area contributed by atoms with Crippen molar-refractivity contribution in [1.82, 2.24) is 37.2 Å². The molecule has 8 amide bonds. The van der Waals surface area contributed by atoms with Gasteiger partial charge < -0.3 is 69.7 Å². The van der Waals surface area contributed by atoms with Gasteiger partial charge in [0.2, 0.25) is 47.3 Å². The number of aromatic hydroxyl groups is 1. The third kappa shape index (κ3) is 21.0. The number of primary amides is 1. The highest BCUT2D eigenvalue weighted by molar-refractivity contribution is 5.97. The molecule has 7 atom stereocenters. The highest BCUT2D eigenvalue weighted by Crippen LogP contribution is 2.13. The van der Waals surface area contributed by atoms with Gasteiger partial charge in [0.1, 0.15) is 48.5 Å². The maximum absolute atomic E-state index is 14.1.